The van der Waals surface area contributed by atoms with Gasteiger partial charge in [0.25, 0.3) is 5.69 Å². The lowest BCUT2D eigenvalue weighted by molar-refractivity contribution is -0.384. The van der Waals surface area contributed by atoms with Crippen LogP contribution in [0.3, 0.4) is 0 Å². The molecule has 8 nitrogen and oxygen atoms in total. The zero-order chi connectivity index (χ0) is 18.8. The van der Waals surface area contributed by atoms with Gasteiger partial charge < -0.3 is 19.1 Å². The van der Waals surface area contributed by atoms with E-state index in [1.165, 1.54) is 24.3 Å². The third kappa shape index (κ3) is 6.41. The SMILES string of the molecule is CCN(CC)CC(OC(=O)c1ccc([N+](=O)[O-])cc1)C(COC)OC. The third-order valence-electron chi connectivity index (χ3n) is 3.95. The number of carbonyl (C=O) groups excluding carboxylic acids is 1. The van der Waals surface area contributed by atoms with Gasteiger partial charge in [-0.3, -0.25) is 10.1 Å². The molecule has 1 rings (SSSR count). The summed E-state index contributed by atoms with van der Waals surface area (Å²) >= 11 is 0. The monoisotopic (exact) mass is 354 g/mol. The van der Waals surface area contributed by atoms with Gasteiger partial charge in [-0.2, -0.15) is 0 Å². The number of esters is 1. The van der Waals surface area contributed by atoms with Crippen molar-refractivity contribution in [3.8, 4) is 0 Å². The maximum Gasteiger partial charge on any atom is 0.338 e. The van der Waals surface area contributed by atoms with Crippen LogP contribution in [-0.4, -0.2) is 68.5 Å². The number of carbonyl (C=O) groups is 1. The van der Waals surface area contributed by atoms with E-state index in [0.29, 0.717) is 6.54 Å². The molecular formula is C17H26N2O6. The topological polar surface area (TPSA) is 91.1 Å². The fourth-order valence-electron chi connectivity index (χ4n) is 2.38. The number of non-ortho nitro benzene ring substituents is 1. The number of hydrogen-bond acceptors (Lipinski definition) is 7. The van der Waals surface area contributed by atoms with Crippen LogP contribution in [0, 0.1) is 10.1 Å². The van der Waals surface area contributed by atoms with Crippen LogP contribution in [0.25, 0.3) is 0 Å². The second-order valence-electron chi connectivity index (χ2n) is 5.46. The minimum Gasteiger partial charge on any atom is -0.455 e. The maximum absolute atomic E-state index is 12.4. The molecule has 0 spiro atoms. The van der Waals surface area contributed by atoms with Gasteiger partial charge in [-0.25, -0.2) is 4.79 Å². The maximum atomic E-state index is 12.4. The number of rotatable bonds is 11. The smallest absolute Gasteiger partial charge is 0.338 e. The molecule has 8 heteroatoms. The lowest BCUT2D eigenvalue weighted by Gasteiger charge is -2.30. The number of benzene rings is 1. The lowest BCUT2D eigenvalue weighted by Crippen LogP contribution is -2.44. The van der Waals surface area contributed by atoms with Crippen LogP contribution in [0.2, 0.25) is 0 Å². The summed E-state index contributed by atoms with van der Waals surface area (Å²) < 4.78 is 16.2. The minimum atomic E-state index is -0.551. The van der Waals surface area contributed by atoms with Crippen LogP contribution >= 0.6 is 0 Å². The fourth-order valence-corrected chi connectivity index (χ4v) is 2.38. The van der Waals surface area contributed by atoms with E-state index in [1.54, 1.807) is 14.2 Å². The average molecular weight is 354 g/mol. The van der Waals surface area contributed by atoms with Gasteiger partial charge in [-0.05, 0) is 25.2 Å². The molecule has 0 amide bonds. The van der Waals surface area contributed by atoms with E-state index in [1.807, 2.05) is 13.8 Å². The Hall–Kier alpha value is -2.03. The highest BCUT2D eigenvalue weighted by Crippen LogP contribution is 2.15. The van der Waals surface area contributed by atoms with Crippen molar-refractivity contribution in [3.63, 3.8) is 0 Å². The van der Waals surface area contributed by atoms with Gasteiger partial charge in [-0.15, -0.1) is 0 Å². The molecule has 0 heterocycles. The fraction of sp³-hybridized carbons (Fsp3) is 0.588. The van der Waals surface area contributed by atoms with Crippen LogP contribution in [0.5, 0.6) is 0 Å². The molecule has 1 aromatic carbocycles. The quantitative estimate of drug-likeness (QED) is 0.341. The second kappa shape index (κ2) is 10.8. The largest absolute Gasteiger partial charge is 0.455 e. The molecule has 0 aliphatic rings. The number of ether oxygens (including phenoxy) is 3. The van der Waals surface area contributed by atoms with Crippen molar-refractivity contribution in [3.05, 3.63) is 39.9 Å². The molecule has 0 radical (unpaired) electrons. The molecule has 0 saturated carbocycles. The van der Waals surface area contributed by atoms with Crippen molar-refractivity contribution in [2.45, 2.75) is 26.1 Å². The van der Waals surface area contributed by atoms with Gasteiger partial charge >= 0.3 is 5.97 Å². The van der Waals surface area contributed by atoms with Gasteiger partial charge in [-0.1, -0.05) is 13.8 Å². The van der Waals surface area contributed by atoms with E-state index < -0.39 is 23.1 Å². The summed E-state index contributed by atoms with van der Waals surface area (Å²) in [6, 6.07) is 5.32. The van der Waals surface area contributed by atoms with E-state index in [9.17, 15) is 14.9 Å². The molecule has 2 atom stereocenters. The van der Waals surface area contributed by atoms with Gasteiger partial charge in [0.15, 0.2) is 0 Å². The third-order valence-corrected chi connectivity index (χ3v) is 3.95. The molecule has 1 aromatic rings. The molecule has 2 unspecified atom stereocenters. The summed E-state index contributed by atoms with van der Waals surface area (Å²) in [7, 11) is 3.09. The number of nitro groups is 1. The lowest BCUT2D eigenvalue weighted by atomic mass is 10.1. The van der Waals surface area contributed by atoms with Crippen molar-refractivity contribution in [1.29, 1.82) is 0 Å². The first-order valence-electron chi connectivity index (χ1n) is 8.16. The van der Waals surface area contributed by atoms with Crippen molar-refractivity contribution in [1.82, 2.24) is 4.90 Å². The highest BCUT2D eigenvalue weighted by molar-refractivity contribution is 5.89. The van der Waals surface area contributed by atoms with Crippen LogP contribution in [0.4, 0.5) is 5.69 Å². The zero-order valence-corrected chi connectivity index (χ0v) is 15.1. The molecule has 140 valence electrons. The predicted octanol–water partition coefficient (Wildman–Crippen LogP) is 2.12. The first kappa shape index (κ1) is 21.0. The highest BCUT2D eigenvalue weighted by atomic mass is 16.6. The van der Waals surface area contributed by atoms with Gasteiger partial charge in [0.2, 0.25) is 0 Å². The number of nitro benzene ring substituents is 1. The molecule has 0 bridgehead atoms. The highest BCUT2D eigenvalue weighted by Gasteiger charge is 2.27. The molecule has 0 N–H and O–H groups in total. The van der Waals surface area contributed by atoms with Crippen LogP contribution in [0.1, 0.15) is 24.2 Å². The Kier molecular flexibility index (Phi) is 9.04. The van der Waals surface area contributed by atoms with Gasteiger partial charge in [0.1, 0.15) is 12.2 Å². The van der Waals surface area contributed by atoms with Gasteiger partial charge in [0, 0.05) is 32.9 Å². The number of hydrogen-bond donors (Lipinski definition) is 0. The van der Waals surface area contributed by atoms with Crippen LogP contribution < -0.4 is 0 Å². The Morgan fingerprint density at radius 2 is 1.76 bits per heavy atom. The normalized spacial score (nSPS) is 13.5. The van der Waals surface area contributed by atoms with Crippen molar-refractivity contribution < 1.29 is 23.9 Å². The van der Waals surface area contributed by atoms with Crippen molar-refractivity contribution in [2.24, 2.45) is 0 Å². The van der Waals surface area contributed by atoms with Crippen LogP contribution in [-0.2, 0) is 14.2 Å². The summed E-state index contributed by atoms with van der Waals surface area (Å²) in [6.07, 6.45) is -0.930. The molecule has 0 aromatic heterocycles. The van der Waals surface area contributed by atoms with Crippen molar-refractivity contribution in [2.75, 3.05) is 40.5 Å². The summed E-state index contributed by atoms with van der Waals surface area (Å²) in [6.45, 7) is 6.47. The summed E-state index contributed by atoms with van der Waals surface area (Å²) in [5.41, 5.74) is 0.174. The number of likely N-dealkylation sites (N-methyl/N-ethyl adjacent to an activating group) is 1. The first-order chi connectivity index (χ1) is 12.0. The Balaban J connectivity index is 2.90. The van der Waals surface area contributed by atoms with Crippen molar-refractivity contribution >= 4 is 11.7 Å². The Bertz CT molecular complexity index is 545. The number of nitrogens with zero attached hydrogens (tertiary/aromatic N) is 2. The van der Waals surface area contributed by atoms with E-state index in [0.717, 1.165) is 13.1 Å². The van der Waals surface area contributed by atoms with E-state index in [2.05, 4.69) is 4.90 Å². The summed E-state index contributed by atoms with van der Waals surface area (Å²) in [5, 5.41) is 10.7. The Labute approximate surface area is 147 Å². The zero-order valence-electron chi connectivity index (χ0n) is 15.1. The summed E-state index contributed by atoms with van der Waals surface area (Å²) in [4.78, 5) is 24.7. The average Bonchev–Trinajstić information content (AvgIpc) is 2.63. The minimum absolute atomic E-state index is 0.0783. The molecule has 0 aliphatic heterocycles. The molecule has 0 saturated heterocycles. The van der Waals surface area contributed by atoms with Gasteiger partial charge in [0.05, 0.1) is 17.1 Å². The summed E-state index contributed by atoms with van der Waals surface area (Å²) in [5.74, 6) is -0.551. The molecular weight excluding hydrogens is 328 g/mol. The second-order valence-corrected chi connectivity index (χ2v) is 5.46. The van der Waals surface area contributed by atoms with Crippen LogP contribution in [0.15, 0.2) is 24.3 Å². The standard InChI is InChI=1S/C17H26N2O6/c1-5-18(6-2)11-15(16(24-4)12-23-3)25-17(20)13-7-9-14(10-8-13)19(21)22/h7-10,15-16H,5-6,11-12H2,1-4H3. The Morgan fingerprint density at radius 3 is 2.20 bits per heavy atom. The first-order valence-corrected chi connectivity index (χ1v) is 8.16. The number of methoxy groups -OCH3 is 2. The van der Waals surface area contributed by atoms with E-state index in [4.69, 9.17) is 14.2 Å². The van der Waals surface area contributed by atoms with E-state index >= 15 is 0 Å². The van der Waals surface area contributed by atoms with E-state index in [-0.39, 0.29) is 17.9 Å². The Morgan fingerprint density at radius 1 is 1.16 bits per heavy atom. The molecule has 0 aliphatic carbocycles. The molecule has 25 heavy (non-hydrogen) atoms. The molecule has 0 fully saturated rings. The predicted molar refractivity (Wildman–Crippen MR) is 92.8 cm³/mol.